The average molecular weight is 321 g/mol. The zero-order chi connectivity index (χ0) is 16.1. The number of hydrogen-bond donors (Lipinski definition) is 3. The SMILES string of the molecule is Oc1cc2ccccc2cc1/C=N/NC(=S)Nc1ccccc1. The van der Waals surface area contributed by atoms with Crippen LogP contribution in [0.1, 0.15) is 5.56 Å². The molecule has 0 unspecified atom stereocenters. The van der Waals surface area contributed by atoms with Crippen molar-refractivity contribution in [2.75, 3.05) is 5.32 Å². The topological polar surface area (TPSA) is 56.7 Å². The molecule has 114 valence electrons. The summed E-state index contributed by atoms with van der Waals surface area (Å²) in [6, 6.07) is 21.0. The first-order chi connectivity index (χ1) is 11.2. The fourth-order valence-corrected chi connectivity index (χ4v) is 2.36. The van der Waals surface area contributed by atoms with Crippen LogP contribution in [0.15, 0.2) is 71.8 Å². The number of fused-ring (bicyclic) bond motifs is 1. The van der Waals surface area contributed by atoms with Crippen molar-refractivity contribution in [3.63, 3.8) is 0 Å². The van der Waals surface area contributed by atoms with Crippen molar-refractivity contribution >= 4 is 40.0 Å². The van der Waals surface area contributed by atoms with Crippen LogP contribution in [0, 0.1) is 0 Å². The summed E-state index contributed by atoms with van der Waals surface area (Å²) >= 11 is 5.16. The third kappa shape index (κ3) is 3.84. The third-order valence-electron chi connectivity index (χ3n) is 3.30. The molecule has 0 aliphatic carbocycles. The number of nitrogens with zero attached hydrogens (tertiary/aromatic N) is 1. The van der Waals surface area contributed by atoms with Gasteiger partial charge in [-0.1, -0.05) is 42.5 Å². The van der Waals surface area contributed by atoms with Gasteiger partial charge in [0.1, 0.15) is 5.75 Å². The van der Waals surface area contributed by atoms with Crippen LogP contribution in [0.4, 0.5) is 5.69 Å². The molecule has 0 aromatic heterocycles. The molecule has 0 amide bonds. The molecule has 0 aliphatic rings. The van der Waals surface area contributed by atoms with E-state index >= 15 is 0 Å². The predicted octanol–water partition coefficient (Wildman–Crippen LogP) is 3.87. The second-order valence-electron chi connectivity index (χ2n) is 4.95. The first-order valence-electron chi connectivity index (χ1n) is 7.09. The quantitative estimate of drug-likeness (QED) is 0.389. The number of aromatic hydroxyl groups is 1. The monoisotopic (exact) mass is 321 g/mol. The summed E-state index contributed by atoms with van der Waals surface area (Å²) in [6.45, 7) is 0. The Bertz CT molecular complexity index is 863. The van der Waals surface area contributed by atoms with E-state index in [1.165, 1.54) is 0 Å². The molecule has 0 bridgehead atoms. The van der Waals surface area contributed by atoms with E-state index in [4.69, 9.17) is 12.2 Å². The van der Waals surface area contributed by atoms with Crippen LogP contribution in [0.2, 0.25) is 0 Å². The second-order valence-corrected chi connectivity index (χ2v) is 5.36. The minimum Gasteiger partial charge on any atom is -0.507 e. The van der Waals surface area contributed by atoms with Gasteiger partial charge in [0, 0.05) is 11.3 Å². The van der Waals surface area contributed by atoms with Crippen molar-refractivity contribution in [3.8, 4) is 5.75 Å². The molecule has 3 N–H and O–H groups in total. The van der Waals surface area contributed by atoms with E-state index in [1.807, 2.05) is 60.7 Å². The summed E-state index contributed by atoms with van der Waals surface area (Å²) in [5.41, 5.74) is 4.24. The maximum absolute atomic E-state index is 10.0. The van der Waals surface area contributed by atoms with E-state index < -0.39 is 0 Å². The average Bonchev–Trinajstić information content (AvgIpc) is 2.56. The number of benzene rings is 3. The maximum atomic E-state index is 10.0. The minimum atomic E-state index is 0.177. The fourth-order valence-electron chi connectivity index (χ4n) is 2.19. The molecule has 0 radical (unpaired) electrons. The molecular formula is C18H15N3OS. The molecule has 4 nitrogen and oxygen atoms in total. The lowest BCUT2D eigenvalue weighted by Gasteiger charge is -2.06. The molecule has 0 fully saturated rings. The van der Waals surface area contributed by atoms with Crippen molar-refractivity contribution < 1.29 is 5.11 Å². The van der Waals surface area contributed by atoms with Crippen LogP contribution in [-0.4, -0.2) is 16.4 Å². The highest BCUT2D eigenvalue weighted by Crippen LogP contribution is 2.23. The number of para-hydroxylation sites is 1. The van der Waals surface area contributed by atoms with Gasteiger partial charge in [-0.2, -0.15) is 5.10 Å². The zero-order valence-corrected chi connectivity index (χ0v) is 13.0. The molecule has 0 saturated carbocycles. The van der Waals surface area contributed by atoms with Gasteiger partial charge in [-0.3, -0.25) is 5.43 Å². The normalized spacial score (nSPS) is 10.8. The molecule has 0 aliphatic heterocycles. The molecular weight excluding hydrogens is 306 g/mol. The summed E-state index contributed by atoms with van der Waals surface area (Å²) < 4.78 is 0. The van der Waals surface area contributed by atoms with Crippen LogP contribution < -0.4 is 10.7 Å². The Balaban J connectivity index is 1.68. The number of hydrogen-bond acceptors (Lipinski definition) is 3. The first-order valence-corrected chi connectivity index (χ1v) is 7.50. The van der Waals surface area contributed by atoms with Gasteiger partial charge < -0.3 is 10.4 Å². The van der Waals surface area contributed by atoms with Crippen molar-refractivity contribution in [2.45, 2.75) is 0 Å². The van der Waals surface area contributed by atoms with E-state index in [9.17, 15) is 5.11 Å². The van der Waals surface area contributed by atoms with Gasteiger partial charge in [-0.25, -0.2) is 0 Å². The second kappa shape index (κ2) is 6.89. The van der Waals surface area contributed by atoms with E-state index in [2.05, 4.69) is 15.8 Å². The molecule has 0 saturated heterocycles. The Morgan fingerprint density at radius 1 is 0.957 bits per heavy atom. The summed E-state index contributed by atoms with van der Waals surface area (Å²) in [4.78, 5) is 0. The summed E-state index contributed by atoms with van der Waals surface area (Å²) in [5.74, 6) is 0.177. The number of thiocarbonyl (C=S) groups is 1. The Labute approximate surface area is 139 Å². The first kappa shape index (κ1) is 15.0. The highest BCUT2D eigenvalue weighted by molar-refractivity contribution is 7.80. The van der Waals surface area contributed by atoms with Crippen molar-refractivity contribution in [1.82, 2.24) is 5.43 Å². The Kier molecular flexibility index (Phi) is 4.49. The van der Waals surface area contributed by atoms with Gasteiger partial charge in [0.2, 0.25) is 0 Å². The van der Waals surface area contributed by atoms with E-state index in [0.29, 0.717) is 10.7 Å². The number of anilines is 1. The highest BCUT2D eigenvalue weighted by atomic mass is 32.1. The fraction of sp³-hybridized carbons (Fsp3) is 0. The van der Waals surface area contributed by atoms with Gasteiger partial charge in [0.15, 0.2) is 5.11 Å². The Morgan fingerprint density at radius 2 is 1.61 bits per heavy atom. The predicted molar refractivity (Wildman–Crippen MR) is 99.0 cm³/mol. The van der Waals surface area contributed by atoms with Crippen LogP contribution in [0.5, 0.6) is 5.75 Å². The van der Waals surface area contributed by atoms with Crippen LogP contribution >= 0.6 is 12.2 Å². The van der Waals surface area contributed by atoms with Crippen molar-refractivity contribution in [3.05, 3.63) is 72.3 Å². The van der Waals surface area contributed by atoms with Gasteiger partial charge in [0.25, 0.3) is 0 Å². The smallest absolute Gasteiger partial charge is 0.191 e. The number of rotatable bonds is 3. The summed E-state index contributed by atoms with van der Waals surface area (Å²) in [7, 11) is 0. The number of hydrazone groups is 1. The highest BCUT2D eigenvalue weighted by Gasteiger charge is 2.01. The van der Waals surface area contributed by atoms with Crippen LogP contribution in [0.25, 0.3) is 10.8 Å². The van der Waals surface area contributed by atoms with E-state index in [0.717, 1.165) is 16.5 Å². The maximum Gasteiger partial charge on any atom is 0.191 e. The standard InChI is InChI=1S/C18H15N3OS/c22-17-11-14-7-5-4-6-13(14)10-15(17)12-19-21-18(23)20-16-8-2-1-3-9-16/h1-12,22H,(H2,20,21,23)/b19-12+. The Hall–Kier alpha value is -2.92. The number of nitrogens with one attached hydrogen (secondary N) is 2. The van der Waals surface area contributed by atoms with Gasteiger partial charge >= 0.3 is 0 Å². The molecule has 3 aromatic rings. The minimum absolute atomic E-state index is 0.177. The lowest BCUT2D eigenvalue weighted by molar-refractivity contribution is 0.475. The van der Waals surface area contributed by atoms with Crippen molar-refractivity contribution in [1.29, 1.82) is 0 Å². The van der Waals surface area contributed by atoms with Gasteiger partial charge in [-0.15, -0.1) is 0 Å². The van der Waals surface area contributed by atoms with Gasteiger partial charge in [-0.05, 0) is 47.3 Å². The lowest BCUT2D eigenvalue weighted by atomic mass is 10.1. The van der Waals surface area contributed by atoms with Crippen molar-refractivity contribution in [2.24, 2.45) is 5.10 Å². The van der Waals surface area contributed by atoms with Crippen LogP contribution in [-0.2, 0) is 0 Å². The molecule has 0 atom stereocenters. The summed E-state index contributed by atoms with van der Waals surface area (Å²) in [6.07, 6.45) is 1.54. The molecule has 0 heterocycles. The molecule has 0 spiro atoms. The largest absolute Gasteiger partial charge is 0.507 e. The third-order valence-corrected chi connectivity index (χ3v) is 3.49. The lowest BCUT2D eigenvalue weighted by Crippen LogP contribution is -2.23. The zero-order valence-electron chi connectivity index (χ0n) is 12.2. The molecule has 3 aromatic carbocycles. The molecule has 23 heavy (non-hydrogen) atoms. The van der Waals surface area contributed by atoms with E-state index in [-0.39, 0.29) is 5.75 Å². The van der Waals surface area contributed by atoms with Crippen LogP contribution in [0.3, 0.4) is 0 Å². The molecule has 5 heteroatoms. The summed E-state index contributed by atoms with van der Waals surface area (Å²) in [5, 5.41) is 19.5. The van der Waals surface area contributed by atoms with E-state index in [1.54, 1.807) is 12.3 Å². The molecule has 3 rings (SSSR count). The number of phenolic OH excluding ortho intramolecular Hbond substituents is 1. The van der Waals surface area contributed by atoms with Gasteiger partial charge in [0.05, 0.1) is 6.21 Å². The number of phenols is 1. The Morgan fingerprint density at radius 3 is 2.35 bits per heavy atom.